The highest BCUT2D eigenvalue weighted by Gasteiger charge is 2.48. The summed E-state index contributed by atoms with van der Waals surface area (Å²) in [5, 5.41) is 11.6. The number of aliphatic carboxylic acids is 1. The number of likely N-dealkylation sites (tertiary alicyclic amines) is 1. The highest BCUT2D eigenvalue weighted by atomic mass is 16.4. The maximum Gasteiger partial charge on any atom is 0.326 e. The van der Waals surface area contributed by atoms with E-state index in [1.807, 2.05) is 0 Å². The molecule has 2 atom stereocenters. The van der Waals surface area contributed by atoms with Crippen molar-refractivity contribution in [2.75, 3.05) is 13.1 Å². The van der Waals surface area contributed by atoms with Crippen molar-refractivity contribution in [3.8, 4) is 0 Å². The van der Waals surface area contributed by atoms with Gasteiger partial charge in [0.05, 0.1) is 0 Å². The van der Waals surface area contributed by atoms with Crippen LogP contribution in [-0.2, 0) is 14.4 Å². The molecule has 2 saturated heterocycles. The Bertz CT molecular complexity index is 506. The molecule has 2 aliphatic heterocycles. The number of amides is 4. The van der Waals surface area contributed by atoms with Crippen molar-refractivity contribution in [2.45, 2.75) is 44.7 Å². The number of urea groups is 1. The third-order valence-electron chi connectivity index (χ3n) is 4.20. The fraction of sp³-hybridized carbons (Fsp3) is 0.692. The molecule has 0 aliphatic carbocycles. The van der Waals surface area contributed by atoms with Crippen LogP contribution in [0.3, 0.4) is 0 Å². The lowest BCUT2D eigenvalue weighted by atomic mass is 9.99. The van der Waals surface area contributed by atoms with Gasteiger partial charge in [-0.15, -0.1) is 0 Å². The first kappa shape index (κ1) is 15.3. The first-order chi connectivity index (χ1) is 9.80. The Morgan fingerprint density at radius 3 is 2.62 bits per heavy atom. The molecule has 21 heavy (non-hydrogen) atoms. The zero-order valence-corrected chi connectivity index (χ0v) is 12.1. The lowest BCUT2D eigenvalue weighted by molar-refractivity contribution is -0.149. The molecule has 4 amide bonds. The number of hydrogen-bond acceptors (Lipinski definition) is 4. The molecule has 8 heteroatoms. The summed E-state index contributed by atoms with van der Waals surface area (Å²) >= 11 is 0. The number of carboxylic acid groups (broad SMARTS) is 1. The van der Waals surface area contributed by atoms with Crippen molar-refractivity contribution in [3.05, 3.63) is 0 Å². The molecular weight excluding hydrogens is 278 g/mol. The number of hydrogen-bond donors (Lipinski definition) is 2. The molecule has 0 bridgehead atoms. The maximum atomic E-state index is 12.2. The molecule has 2 heterocycles. The number of nitrogens with one attached hydrogen (secondary N) is 1. The van der Waals surface area contributed by atoms with Crippen LogP contribution in [0, 0.1) is 0 Å². The molecule has 0 aromatic rings. The van der Waals surface area contributed by atoms with E-state index in [2.05, 4.69) is 5.32 Å². The summed E-state index contributed by atoms with van der Waals surface area (Å²) in [5.41, 5.74) is -0.991. The van der Waals surface area contributed by atoms with Gasteiger partial charge in [-0.25, -0.2) is 9.59 Å². The molecule has 0 aromatic carbocycles. The van der Waals surface area contributed by atoms with E-state index in [9.17, 15) is 19.2 Å². The van der Waals surface area contributed by atoms with E-state index in [0.717, 1.165) is 4.90 Å². The van der Waals surface area contributed by atoms with E-state index < -0.39 is 41.9 Å². The zero-order valence-electron chi connectivity index (χ0n) is 12.1. The Balaban J connectivity index is 2.08. The Hall–Kier alpha value is -2.12. The van der Waals surface area contributed by atoms with Gasteiger partial charge in [-0.05, 0) is 26.2 Å². The second-order valence-electron chi connectivity index (χ2n) is 5.59. The molecule has 0 radical (unpaired) electrons. The van der Waals surface area contributed by atoms with Gasteiger partial charge in [0.2, 0.25) is 5.91 Å². The zero-order chi connectivity index (χ0) is 15.8. The molecule has 116 valence electrons. The molecule has 2 aliphatic rings. The molecule has 0 saturated carbocycles. The fourth-order valence-corrected chi connectivity index (χ4v) is 2.68. The smallest absolute Gasteiger partial charge is 0.326 e. The molecule has 2 fully saturated rings. The van der Waals surface area contributed by atoms with Gasteiger partial charge < -0.3 is 15.3 Å². The fourth-order valence-electron chi connectivity index (χ4n) is 2.68. The second-order valence-corrected chi connectivity index (χ2v) is 5.59. The van der Waals surface area contributed by atoms with Gasteiger partial charge in [0.15, 0.2) is 0 Å². The minimum atomic E-state index is -1.06. The monoisotopic (exact) mass is 297 g/mol. The maximum absolute atomic E-state index is 12.2. The molecule has 0 aromatic heterocycles. The number of carbonyl (C=O) groups is 4. The van der Waals surface area contributed by atoms with E-state index in [1.165, 1.54) is 4.90 Å². The highest BCUT2D eigenvalue weighted by molar-refractivity contribution is 6.08. The molecule has 2 rings (SSSR count). The van der Waals surface area contributed by atoms with Crippen LogP contribution >= 0.6 is 0 Å². The quantitative estimate of drug-likeness (QED) is 0.698. The average molecular weight is 297 g/mol. The van der Waals surface area contributed by atoms with E-state index in [-0.39, 0.29) is 0 Å². The average Bonchev–Trinajstić information content (AvgIpc) is 2.99. The summed E-state index contributed by atoms with van der Waals surface area (Å²) in [6.45, 7) is 3.30. The SMILES string of the molecule is CCC1(C)NC(=O)N(CC(=O)N2CCCC2C(=O)O)C1=O. The number of rotatable bonds is 4. The second kappa shape index (κ2) is 5.34. The minimum Gasteiger partial charge on any atom is -0.480 e. The van der Waals surface area contributed by atoms with Gasteiger partial charge in [-0.2, -0.15) is 0 Å². The lowest BCUT2D eigenvalue weighted by Gasteiger charge is -2.24. The Labute approximate surface area is 122 Å². The van der Waals surface area contributed by atoms with Crippen LogP contribution < -0.4 is 5.32 Å². The van der Waals surface area contributed by atoms with E-state index in [4.69, 9.17) is 5.11 Å². The molecule has 0 spiro atoms. The van der Waals surface area contributed by atoms with Gasteiger partial charge in [0, 0.05) is 6.54 Å². The first-order valence-electron chi connectivity index (χ1n) is 6.96. The third-order valence-corrected chi connectivity index (χ3v) is 4.20. The van der Waals surface area contributed by atoms with E-state index in [1.54, 1.807) is 13.8 Å². The Morgan fingerprint density at radius 2 is 2.10 bits per heavy atom. The van der Waals surface area contributed by atoms with Crippen molar-refractivity contribution in [2.24, 2.45) is 0 Å². The highest BCUT2D eigenvalue weighted by Crippen LogP contribution is 2.22. The first-order valence-corrected chi connectivity index (χ1v) is 6.96. The summed E-state index contributed by atoms with van der Waals surface area (Å²) in [6.07, 6.45) is 1.42. The normalized spacial score (nSPS) is 29.0. The summed E-state index contributed by atoms with van der Waals surface area (Å²) < 4.78 is 0. The number of nitrogens with zero attached hydrogens (tertiary/aromatic N) is 2. The van der Waals surface area contributed by atoms with Gasteiger partial charge >= 0.3 is 12.0 Å². The minimum absolute atomic E-state index is 0.338. The van der Waals surface area contributed by atoms with Crippen LogP contribution in [0.2, 0.25) is 0 Å². The van der Waals surface area contributed by atoms with Crippen molar-refractivity contribution >= 4 is 23.8 Å². The Kier molecular flexibility index (Phi) is 3.89. The van der Waals surface area contributed by atoms with Crippen LogP contribution in [0.4, 0.5) is 4.79 Å². The van der Waals surface area contributed by atoms with E-state index in [0.29, 0.717) is 25.8 Å². The summed E-state index contributed by atoms with van der Waals surface area (Å²) in [6, 6.07) is -1.47. The summed E-state index contributed by atoms with van der Waals surface area (Å²) in [4.78, 5) is 49.4. The molecule has 2 N–H and O–H groups in total. The van der Waals surface area contributed by atoms with Crippen LogP contribution in [0.15, 0.2) is 0 Å². The lowest BCUT2D eigenvalue weighted by Crippen LogP contribution is -2.48. The molecule has 2 unspecified atom stereocenters. The van der Waals surface area contributed by atoms with Crippen LogP contribution in [0.25, 0.3) is 0 Å². The van der Waals surface area contributed by atoms with Crippen molar-refractivity contribution in [3.63, 3.8) is 0 Å². The standard InChI is InChI=1S/C13H19N3O5/c1-3-13(2)11(20)16(12(21)14-13)7-9(17)15-6-4-5-8(15)10(18)19/h8H,3-7H2,1-2H3,(H,14,21)(H,18,19). The molecular formula is C13H19N3O5. The van der Waals surface area contributed by atoms with Crippen molar-refractivity contribution in [1.82, 2.24) is 15.1 Å². The van der Waals surface area contributed by atoms with Crippen LogP contribution in [-0.4, -0.2) is 63.4 Å². The van der Waals surface area contributed by atoms with Crippen LogP contribution in [0.1, 0.15) is 33.1 Å². The summed E-state index contributed by atoms with van der Waals surface area (Å²) in [5.74, 6) is -2.02. The third kappa shape index (κ3) is 2.57. The number of imide groups is 1. The van der Waals surface area contributed by atoms with Gasteiger partial charge in [-0.1, -0.05) is 6.92 Å². The molecule has 8 nitrogen and oxygen atoms in total. The van der Waals surface area contributed by atoms with Crippen molar-refractivity contribution < 1.29 is 24.3 Å². The largest absolute Gasteiger partial charge is 0.480 e. The van der Waals surface area contributed by atoms with Crippen LogP contribution in [0.5, 0.6) is 0 Å². The number of carbonyl (C=O) groups excluding carboxylic acids is 3. The van der Waals surface area contributed by atoms with Gasteiger partial charge in [0.25, 0.3) is 5.91 Å². The predicted octanol–water partition coefficient (Wildman–Crippen LogP) is -0.217. The van der Waals surface area contributed by atoms with E-state index >= 15 is 0 Å². The Morgan fingerprint density at radius 1 is 1.43 bits per heavy atom. The van der Waals surface area contributed by atoms with Gasteiger partial charge in [0.1, 0.15) is 18.1 Å². The number of carboxylic acids is 1. The summed E-state index contributed by atoms with van der Waals surface area (Å²) in [7, 11) is 0. The van der Waals surface area contributed by atoms with Crippen molar-refractivity contribution in [1.29, 1.82) is 0 Å². The topological polar surface area (TPSA) is 107 Å². The van der Waals surface area contributed by atoms with Gasteiger partial charge in [-0.3, -0.25) is 14.5 Å². The predicted molar refractivity (Wildman–Crippen MR) is 71.3 cm³/mol.